The first kappa shape index (κ1) is 24.9. The summed E-state index contributed by atoms with van der Waals surface area (Å²) in [6.07, 6.45) is -1.07. The fourth-order valence-electron chi connectivity index (χ4n) is 3.39. The lowest BCUT2D eigenvalue weighted by Crippen LogP contribution is -2.40. The van der Waals surface area contributed by atoms with Gasteiger partial charge >= 0.3 is 5.97 Å². The van der Waals surface area contributed by atoms with Gasteiger partial charge in [-0.15, -0.1) is 0 Å². The Balaban J connectivity index is 1.70. The average Bonchev–Trinajstić information content (AvgIpc) is 2.80. The van der Waals surface area contributed by atoms with Crippen LogP contribution in [0.1, 0.15) is 48.2 Å². The normalized spacial score (nSPS) is 15.8. The maximum atomic E-state index is 12.9. The summed E-state index contributed by atoms with van der Waals surface area (Å²) in [5.74, 6) is -0.861. The molecule has 0 spiro atoms. The summed E-state index contributed by atoms with van der Waals surface area (Å²) in [6, 6.07) is 11.8. The Morgan fingerprint density at radius 1 is 1.03 bits per heavy atom. The van der Waals surface area contributed by atoms with Crippen LogP contribution >= 0.6 is 0 Å². The number of sulfonamides is 1. The van der Waals surface area contributed by atoms with Gasteiger partial charge in [0.25, 0.3) is 5.91 Å². The van der Waals surface area contributed by atoms with Gasteiger partial charge in [0.05, 0.1) is 23.7 Å². The zero-order chi connectivity index (χ0) is 24.2. The summed E-state index contributed by atoms with van der Waals surface area (Å²) < 4.78 is 37.7. The summed E-state index contributed by atoms with van der Waals surface area (Å²) in [5.41, 5.74) is 2.40. The van der Waals surface area contributed by atoms with Gasteiger partial charge in [-0.2, -0.15) is 4.31 Å². The highest BCUT2D eigenvalue weighted by Crippen LogP contribution is 2.22. The van der Waals surface area contributed by atoms with Crippen LogP contribution in [0.5, 0.6) is 0 Å². The number of amides is 1. The van der Waals surface area contributed by atoms with Crippen molar-refractivity contribution >= 4 is 27.6 Å². The van der Waals surface area contributed by atoms with Crippen LogP contribution in [0.25, 0.3) is 0 Å². The molecule has 1 N–H and O–H groups in total. The van der Waals surface area contributed by atoms with Crippen LogP contribution in [0.15, 0.2) is 47.4 Å². The maximum absolute atomic E-state index is 12.9. The second-order valence-electron chi connectivity index (χ2n) is 8.31. The van der Waals surface area contributed by atoms with Crippen molar-refractivity contribution in [2.75, 3.05) is 31.6 Å². The van der Waals surface area contributed by atoms with E-state index < -0.39 is 28.0 Å². The Morgan fingerprint density at radius 3 is 2.27 bits per heavy atom. The molecule has 1 amide bonds. The van der Waals surface area contributed by atoms with Gasteiger partial charge in [0.2, 0.25) is 10.0 Å². The minimum Gasteiger partial charge on any atom is -0.449 e. The Morgan fingerprint density at radius 2 is 1.67 bits per heavy atom. The van der Waals surface area contributed by atoms with E-state index >= 15 is 0 Å². The summed E-state index contributed by atoms with van der Waals surface area (Å²) in [7, 11) is -3.76. The van der Waals surface area contributed by atoms with Crippen LogP contribution in [0, 0.1) is 6.92 Å². The third-order valence-electron chi connectivity index (χ3n) is 5.53. The van der Waals surface area contributed by atoms with Crippen LogP contribution in [0.2, 0.25) is 0 Å². The van der Waals surface area contributed by atoms with Gasteiger partial charge in [-0.05, 0) is 55.2 Å². The minimum absolute atomic E-state index is 0.00398. The number of aryl methyl sites for hydroxylation is 1. The Hall–Kier alpha value is -2.75. The van der Waals surface area contributed by atoms with E-state index in [4.69, 9.17) is 9.47 Å². The van der Waals surface area contributed by atoms with Gasteiger partial charge in [-0.3, -0.25) is 4.79 Å². The molecule has 0 saturated carbocycles. The number of hydrogen-bond acceptors (Lipinski definition) is 6. The number of nitrogens with zero attached hydrogens (tertiary/aromatic N) is 1. The molecule has 2 aromatic rings. The maximum Gasteiger partial charge on any atom is 0.339 e. The highest BCUT2D eigenvalue weighted by molar-refractivity contribution is 7.89. The van der Waals surface area contributed by atoms with E-state index in [-0.39, 0.29) is 23.5 Å². The molecule has 8 nitrogen and oxygen atoms in total. The van der Waals surface area contributed by atoms with E-state index in [2.05, 4.69) is 19.2 Å². The van der Waals surface area contributed by atoms with Gasteiger partial charge in [-0.1, -0.05) is 32.0 Å². The fourth-order valence-corrected chi connectivity index (χ4v) is 4.83. The van der Waals surface area contributed by atoms with Crippen LogP contribution < -0.4 is 5.32 Å². The molecule has 3 rings (SSSR count). The molecule has 178 valence electrons. The summed E-state index contributed by atoms with van der Waals surface area (Å²) in [5, 5.41) is 2.73. The lowest BCUT2D eigenvalue weighted by atomic mass is 10.0. The second-order valence-corrected chi connectivity index (χ2v) is 10.2. The highest BCUT2D eigenvalue weighted by atomic mass is 32.2. The lowest BCUT2D eigenvalue weighted by Gasteiger charge is -2.26. The van der Waals surface area contributed by atoms with Crippen molar-refractivity contribution in [2.45, 2.75) is 44.6 Å². The number of ether oxygens (including phenoxy) is 2. The smallest absolute Gasteiger partial charge is 0.339 e. The number of carbonyl (C=O) groups excluding carboxylic acids is 2. The van der Waals surface area contributed by atoms with Crippen molar-refractivity contribution in [3.63, 3.8) is 0 Å². The van der Waals surface area contributed by atoms with Crippen molar-refractivity contribution < 1.29 is 27.5 Å². The number of esters is 1. The lowest BCUT2D eigenvalue weighted by molar-refractivity contribution is -0.123. The summed E-state index contributed by atoms with van der Waals surface area (Å²) in [6.45, 7) is 8.48. The quantitative estimate of drug-likeness (QED) is 0.618. The molecule has 0 aliphatic carbocycles. The third-order valence-corrected chi connectivity index (χ3v) is 7.43. The zero-order valence-corrected chi connectivity index (χ0v) is 20.1. The van der Waals surface area contributed by atoms with E-state index in [1.165, 1.54) is 23.4 Å². The Labute approximate surface area is 194 Å². The van der Waals surface area contributed by atoms with Crippen molar-refractivity contribution in [1.29, 1.82) is 0 Å². The average molecular weight is 475 g/mol. The standard InChI is InChI=1S/C24H30N2O6S/c1-16(2)19-6-8-20(9-7-19)25-23(27)18(4)32-24(28)22-15-21(10-5-17(22)3)33(29,30)26-11-13-31-14-12-26/h5-10,15-16,18H,11-14H2,1-4H3,(H,25,27). The van der Waals surface area contributed by atoms with E-state index in [1.54, 1.807) is 25.1 Å². The molecule has 33 heavy (non-hydrogen) atoms. The first-order valence-electron chi connectivity index (χ1n) is 10.9. The largest absolute Gasteiger partial charge is 0.449 e. The van der Waals surface area contributed by atoms with Crippen LogP contribution in [0.3, 0.4) is 0 Å². The SMILES string of the molecule is Cc1ccc(S(=O)(=O)N2CCOCC2)cc1C(=O)OC(C)C(=O)Nc1ccc(C(C)C)cc1. The zero-order valence-electron chi connectivity index (χ0n) is 19.3. The summed E-state index contributed by atoms with van der Waals surface area (Å²) >= 11 is 0. The fraction of sp³-hybridized carbons (Fsp3) is 0.417. The van der Waals surface area contributed by atoms with Crippen LogP contribution in [0.4, 0.5) is 5.69 Å². The molecule has 1 aliphatic heterocycles. The van der Waals surface area contributed by atoms with Crippen LogP contribution in [-0.2, 0) is 24.3 Å². The molecule has 1 unspecified atom stereocenters. The number of rotatable bonds is 7. The van der Waals surface area contributed by atoms with Gasteiger partial charge in [-0.25, -0.2) is 13.2 Å². The summed E-state index contributed by atoms with van der Waals surface area (Å²) in [4.78, 5) is 25.3. The van der Waals surface area contributed by atoms with Crippen molar-refractivity contribution in [1.82, 2.24) is 4.31 Å². The molecule has 1 atom stereocenters. The minimum atomic E-state index is -3.76. The van der Waals surface area contributed by atoms with E-state index in [1.807, 2.05) is 12.1 Å². The van der Waals surface area contributed by atoms with Crippen molar-refractivity contribution in [3.05, 3.63) is 59.2 Å². The monoisotopic (exact) mass is 474 g/mol. The van der Waals surface area contributed by atoms with Crippen molar-refractivity contribution in [2.24, 2.45) is 0 Å². The topological polar surface area (TPSA) is 102 Å². The molecule has 1 fully saturated rings. The van der Waals surface area contributed by atoms with Gasteiger partial charge < -0.3 is 14.8 Å². The molecular formula is C24H30N2O6S. The highest BCUT2D eigenvalue weighted by Gasteiger charge is 2.28. The Bertz CT molecular complexity index is 1110. The predicted molar refractivity (Wildman–Crippen MR) is 125 cm³/mol. The molecule has 1 heterocycles. The molecule has 1 aliphatic rings. The van der Waals surface area contributed by atoms with E-state index in [0.717, 1.165) is 5.56 Å². The molecular weight excluding hydrogens is 444 g/mol. The molecule has 2 aromatic carbocycles. The third kappa shape index (κ3) is 5.98. The molecule has 0 bridgehead atoms. The first-order valence-corrected chi connectivity index (χ1v) is 12.3. The molecule has 0 aromatic heterocycles. The van der Waals surface area contributed by atoms with Gasteiger partial charge in [0.15, 0.2) is 6.10 Å². The number of benzene rings is 2. The van der Waals surface area contributed by atoms with Crippen molar-refractivity contribution in [3.8, 4) is 0 Å². The van der Waals surface area contributed by atoms with E-state index in [0.29, 0.717) is 30.4 Å². The van der Waals surface area contributed by atoms with Gasteiger partial charge in [0.1, 0.15) is 0 Å². The predicted octanol–water partition coefficient (Wildman–Crippen LogP) is 3.32. The van der Waals surface area contributed by atoms with Gasteiger partial charge in [0, 0.05) is 18.8 Å². The Kier molecular flexibility index (Phi) is 7.88. The number of carbonyl (C=O) groups is 2. The second kappa shape index (κ2) is 10.5. The van der Waals surface area contributed by atoms with Crippen LogP contribution in [-0.4, -0.2) is 57.0 Å². The number of hydrogen-bond donors (Lipinski definition) is 1. The molecule has 9 heteroatoms. The first-order chi connectivity index (χ1) is 15.6. The number of morpholine rings is 1. The number of nitrogens with one attached hydrogen (secondary N) is 1. The molecule has 0 radical (unpaired) electrons. The number of anilines is 1. The molecule has 1 saturated heterocycles. The van der Waals surface area contributed by atoms with E-state index in [9.17, 15) is 18.0 Å².